The second-order valence-electron chi connectivity index (χ2n) is 4.91. The van der Waals surface area contributed by atoms with Crippen LogP contribution in [0.1, 0.15) is 24.1 Å². The molecule has 1 unspecified atom stereocenters. The van der Waals surface area contributed by atoms with Gasteiger partial charge in [0.25, 0.3) is 0 Å². The van der Waals surface area contributed by atoms with Crippen LogP contribution in [0.5, 0.6) is 0 Å². The van der Waals surface area contributed by atoms with Gasteiger partial charge in [0.2, 0.25) is 0 Å². The van der Waals surface area contributed by atoms with E-state index in [0.717, 1.165) is 37.6 Å². The first-order valence-corrected chi connectivity index (χ1v) is 6.37. The van der Waals surface area contributed by atoms with Crippen LogP contribution < -0.4 is 4.90 Å². The molecule has 1 atom stereocenters. The zero-order valence-corrected chi connectivity index (χ0v) is 11.0. The van der Waals surface area contributed by atoms with Crippen molar-refractivity contribution >= 4 is 5.82 Å². The second kappa shape index (κ2) is 5.83. The monoisotopic (exact) mass is 245 g/mol. The predicted molar refractivity (Wildman–Crippen MR) is 70.5 cm³/mol. The van der Waals surface area contributed by atoms with Gasteiger partial charge in [0, 0.05) is 20.2 Å². The van der Waals surface area contributed by atoms with Crippen molar-refractivity contribution in [1.82, 2.24) is 4.98 Å². The molecule has 0 aromatic carbocycles. The van der Waals surface area contributed by atoms with Crippen molar-refractivity contribution in [3.05, 3.63) is 23.4 Å². The van der Waals surface area contributed by atoms with Crippen LogP contribution in [0, 0.1) is 24.2 Å². The number of anilines is 1. The average molecular weight is 245 g/mol. The van der Waals surface area contributed by atoms with E-state index in [2.05, 4.69) is 16.0 Å². The number of nitrogens with zero attached hydrogens (tertiary/aromatic N) is 3. The van der Waals surface area contributed by atoms with Crippen LogP contribution in [-0.4, -0.2) is 31.8 Å². The molecular formula is C14H19N3O. The molecule has 0 amide bonds. The number of hydrogen-bond acceptors (Lipinski definition) is 4. The van der Waals surface area contributed by atoms with Crippen molar-refractivity contribution in [1.29, 1.82) is 5.26 Å². The Bertz CT molecular complexity index is 447. The highest BCUT2D eigenvalue weighted by atomic mass is 16.5. The lowest BCUT2D eigenvalue weighted by Crippen LogP contribution is -2.31. The molecule has 4 nitrogen and oxygen atoms in total. The third kappa shape index (κ3) is 2.99. The molecule has 1 aromatic rings. The average Bonchev–Trinajstić information content (AvgIpc) is 2.40. The summed E-state index contributed by atoms with van der Waals surface area (Å²) in [6.45, 7) is 4.56. The first-order chi connectivity index (χ1) is 8.70. The molecule has 0 bridgehead atoms. The van der Waals surface area contributed by atoms with E-state index >= 15 is 0 Å². The summed E-state index contributed by atoms with van der Waals surface area (Å²) in [6.07, 6.45) is 2.35. The summed E-state index contributed by atoms with van der Waals surface area (Å²) in [5.74, 6) is 1.43. The molecule has 1 aromatic heterocycles. The topological polar surface area (TPSA) is 49.1 Å². The second-order valence-corrected chi connectivity index (χ2v) is 4.91. The van der Waals surface area contributed by atoms with Crippen LogP contribution in [0.25, 0.3) is 0 Å². The van der Waals surface area contributed by atoms with Gasteiger partial charge in [-0.15, -0.1) is 0 Å². The van der Waals surface area contributed by atoms with Crippen molar-refractivity contribution in [2.75, 3.05) is 31.7 Å². The Balaban J connectivity index is 2.04. The van der Waals surface area contributed by atoms with E-state index in [0.29, 0.717) is 11.6 Å². The van der Waals surface area contributed by atoms with Crippen LogP contribution in [0.2, 0.25) is 0 Å². The summed E-state index contributed by atoms with van der Waals surface area (Å²) in [6, 6.07) is 6.06. The number of ether oxygens (including phenoxy) is 1. The van der Waals surface area contributed by atoms with E-state index in [-0.39, 0.29) is 0 Å². The van der Waals surface area contributed by atoms with Crippen LogP contribution >= 0.6 is 0 Å². The fourth-order valence-electron chi connectivity index (χ4n) is 2.28. The fraction of sp³-hybridized carbons (Fsp3) is 0.571. The van der Waals surface area contributed by atoms with Crippen molar-refractivity contribution in [3.63, 3.8) is 0 Å². The summed E-state index contributed by atoms with van der Waals surface area (Å²) in [4.78, 5) is 6.49. The molecule has 0 spiro atoms. The Kier molecular flexibility index (Phi) is 4.16. The molecule has 1 aliphatic heterocycles. The lowest BCUT2D eigenvalue weighted by Gasteiger charge is -2.27. The highest BCUT2D eigenvalue weighted by Crippen LogP contribution is 2.18. The largest absolute Gasteiger partial charge is 0.381 e. The number of nitriles is 1. The van der Waals surface area contributed by atoms with E-state index in [1.54, 1.807) is 0 Å². The van der Waals surface area contributed by atoms with Gasteiger partial charge >= 0.3 is 0 Å². The normalized spacial score (nSPS) is 19.3. The number of aromatic nitrogens is 1. The minimum Gasteiger partial charge on any atom is -0.381 e. The molecule has 2 rings (SSSR count). The van der Waals surface area contributed by atoms with Gasteiger partial charge in [-0.05, 0) is 37.3 Å². The summed E-state index contributed by atoms with van der Waals surface area (Å²) in [7, 11) is 2.02. The lowest BCUT2D eigenvalue weighted by molar-refractivity contribution is 0.0576. The smallest absolute Gasteiger partial charge is 0.145 e. The first-order valence-electron chi connectivity index (χ1n) is 6.37. The summed E-state index contributed by atoms with van der Waals surface area (Å²) >= 11 is 0. The molecule has 1 aliphatic rings. The van der Waals surface area contributed by atoms with E-state index in [4.69, 9.17) is 10.00 Å². The quantitative estimate of drug-likeness (QED) is 0.818. The van der Waals surface area contributed by atoms with E-state index in [1.807, 2.05) is 26.1 Å². The van der Waals surface area contributed by atoms with Gasteiger partial charge in [-0.2, -0.15) is 5.26 Å². The first kappa shape index (κ1) is 12.8. The molecule has 96 valence electrons. The molecule has 0 radical (unpaired) electrons. The third-order valence-corrected chi connectivity index (χ3v) is 3.37. The standard InChI is InChI=1S/C14H19N3O/c1-11-5-6-14(16-13(11)8-15)17(2)9-12-4-3-7-18-10-12/h5-6,12H,3-4,7,9-10H2,1-2H3. The molecular weight excluding hydrogens is 226 g/mol. The Morgan fingerprint density at radius 3 is 3.06 bits per heavy atom. The van der Waals surface area contributed by atoms with Gasteiger partial charge in [0.1, 0.15) is 17.6 Å². The maximum Gasteiger partial charge on any atom is 0.145 e. The number of pyridine rings is 1. The van der Waals surface area contributed by atoms with Crippen LogP contribution in [0.15, 0.2) is 12.1 Å². The van der Waals surface area contributed by atoms with Crippen LogP contribution in [-0.2, 0) is 4.74 Å². The van der Waals surface area contributed by atoms with Crippen molar-refractivity contribution in [2.45, 2.75) is 19.8 Å². The lowest BCUT2D eigenvalue weighted by atomic mass is 10.0. The zero-order chi connectivity index (χ0) is 13.0. The Morgan fingerprint density at radius 1 is 1.56 bits per heavy atom. The highest BCUT2D eigenvalue weighted by Gasteiger charge is 2.17. The molecule has 0 N–H and O–H groups in total. The summed E-state index contributed by atoms with van der Waals surface area (Å²) < 4.78 is 5.48. The molecule has 0 aliphatic carbocycles. The van der Waals surface area contributed by atoms with Gasteiger partial charge < -0.3 is 9.64 Å². The van der Waals surface area contributed by atoms with Crippen LogP contribution in [0.3, 0.4) is 0 Å². The van der Waals surface area contributed by atoms with Gasteiger partial charge in [-0.3, -0.25) is 0 Å². The van der Waals surface area contributed by atoms with Crippen molar-refractivity contribution in [2.24, 2.45) is 5.92 Å². The molecule has 0 saturated carbocycles. The summed E-state index contributed by atoms with van der Waals surface area (Å²) in [5, 5.41) is 9.00. The predicted octanol–water partition coefficient (Wildman–Crippen LogP) is 2.12. The van der Waals surface area contributed by atoms with Gasteiger partial charge in [0.05, 0.1) is 6.61 Å². The maximum absolute atomic E-state index is 9.00. The Morgan fingerprint density at radius 2 is 2.39 bits per heavy atom. The van der Waals surface area contributed by atoms with E-state index in [9.17, 15) is 0 Å². The molecule has 1 saturated heterocycles. The highest BCUT2D eigenvalue weighted by molar-refractivity contribution is 5.44. The van der Waals surface area contributed by atoms with E-state index < -0.39 is 0 Å². The molecule has 4 heteroatoms. The van der Waals surface area contributed by atoms with Gasteiger partial charge in [-0.1, -0.05) is 6.07 Å². The van der Waals surface area contributed by atoms with Crippen molar-refractivity contribution < 1.29 is 4.74 Å². The molecule has 18 heavy (non-hydrogen) atoms. The van der Waals surface area contributed by atoms with E-state index in [1.165, 1.54) is 6.42 Å². The minimum absolute atomic E-state index is 0.513. The zero-order valence-electron chi connectivity index (χ0n) is 11.0. The number of hydrogen-bond donors (Lipinski definition) is 0. The summed E-state index contributed by atoms with van der Waals surface area (Å²) in [5.41, 5.74) is 1.44. The Labute approximate surface area is 108 Å². The SMILES string of the molecule is Cc1ccc(N(C)CC2CCCOC2)nc1C#N. The third-order valence-electron chi connectivity index (χ3n) is 3.37. The molecule has 2 heterocycles. The fourth-order valence-corrected chi connectivity index (χ4v) is 2.28. The number of aryl methyl sites for hydroxylation is 1. The minimum atomic E-state index is 0.513. The Hall–Kier alpha value is -1.60. The van der Waals surface area contributed by atoms with Gasteiger partial charge in [-0.25, -0.2) is 4.98 Å². The number of rotatable bonds is 3. The van der Waals surface area contributed by atoms with Gasteiger partial charge in [0.15, 0.2) is 0 Å². The van der Waals surface area contributed by atoms with Crippen molar-refractivity contribution in [3.8, 4) is 6.07 Å². The maximum atomic E-state index is 9.00. The molecule has 1 fully saturated rings. The van der Waals surface area contributed by atoms with Crippen LogP contribution in [0.4, 0.5) is 5.82 Å².